The fraction of sp³-hybridized carbons (Fsp3) is 0.261. The van der Waals surface area contributed by atoms with E-state index in [0.29, 0.717) is 5.56 Å². The fourth-order valence-electron chi connectivity index (χ4n) is 2.31. The maximum atomic E-state index is 12.7. The van der Waals surface area contributed by atoms with Gasteiger partial charge in [-0.2, -0.15) is 0 Å². The molecule has 0 bridgehead atoms. The Hall–Kier alpha value is -2.81. The maximum Gasteiger partial charge on any atom is 0.255 e. The Morgan fingerprint density at radius 2 is 1.58 bits per heavy atom. The first-order chi connectivity index (χ1) is 12.2. The minimum atomic E-state index is -0.115. The van der Waals surface area contributed by atoms with Gasteiger partial charge in [-0.05, 0) is 47.4 Å². The zero-order chi connectivity index (χ0) is 19.2. The number of allylic oxidation sites excluding steroid dienone is 2. The molecule has 0 unspecified atom stereocenters. The van der Waals surface area contributed by atoms with Gasteiger partial charge in [0.1, 0.15) is 0 Å². The van der Waals surface area contributed by atoms with Gasteiger partial charge >= 0.3 is 0 Å². The molecule has 2 rings (SSSR count). The lowest BCUT2D eigenvalue weighted by Gasteiger charge is -2.14. The van der Waals surface area contributed by atoms with Gasteiger partial charge < -0.3 is 10.2 Å². The highest BCUT2D eigenvalue weighted by Crippen LogP contribution is 2.17. The van der Waals surface area contributed by atoms with Gasteiger partial charge in [-0.15, -0.1) is 0 Å². The Bertz CT molecular complexity index is 779. The quantitative estimate of drug-likeness (QED) is 0.760. The lowest BCUT2D eigenvalue weighted by Crippen LogP contribution is -2.22. The summed E-state index contributed by atoms with van der Waals surface area (Å²) in [5, 5.41) is 3.02. The second kappa shape index (κ2) is 8.52. The van der Waals surface area contributed by atoms with Crippen molar-refractivity contribution in [3.8, 4) is 0 Å². The second-order valence-corrected chi connectivity index (χ2v) is 7.61. The van der Waals surface area contributed by atoms with Crippen molar-refractivity contribution in [2.45, 2.75) is 20.8 Å². The van der Waals surface area contributed by atoms with Gasteiger partial charge in [0.25, 0.3) is 5.91 Å². The molecular weight excluding hydrogens is 320 g/mol. The van der Waals surface area contributed by atoms with Crippen LogP contribution in [0.25, 0.3) is 6.08 Å². The number of carbonyl (C=O) groups is 1. The van der Waals surface area contributed by atoms with Gasteiger partial charge in [0.2, 0.25) is 0 Å². The molecule has 2 aromatic carbocycles. The molecule has 0 aliphatic heterocycles. The van der Waals surface area contributed by atoms with Gasteiger partial charge in [0, 0.05) is 31.0 Å². The van der Waals surface area contributed by atoms with Crippen molar-refractivity contribution in [1.82, 2.24) is 5.32 Å². The van der Waals surface area contributed by atoms with Crippen LogP contribution in [0.5, 0.6) is 0 Å². The van der Waals surface area contributed by atoms with E-state index in [1.165, 1.54) is 0 Å². The molecule has 0 aliphatic carbocycles. The van der Waals surface area contributed by atoms with Gasteiger partial charge in [-0.3, -0.25) is 4.79 Å². The number of rotatable bonds is 5. The SMILES string of the molecule is CN(C)c1ccc(C(=O)NC(=C\c2ccccc2)/C=C/C(C)(C)C)cc1. The Balaban J connectivity index is 2.24. The molecule has 0 saturated carbocycles. The van der Waals surface area contributed by atoms with Crippen LogP contribution >= 0.6 is 0 Å². The van der Waals surface area contributed by atoms with Crippen molar-refractivity contribution in [1.29, 1.82) is 0 Å². The summed E-state index contributed by atoms with van der Waals surface area (Å²) in [6, 6.07) is 17.6. The highest BCUT2D eigenvalue weighted by molar-refractivity contribution is 5.96. The molecule has 0 saturated heterocycles. The van der Waals surface area contributed by atoms with Crippen molar-refractivity contribution >= 4 is 17.7 Å². The molecule has 0 heterocycles. The number of carbonyl (C=O) groups excluding carboxylic acids is 1. The van der Waals surface area contributed by atoms with E-state index in [0.717, 1.165) is 16.9 Å². The third kappa shape index (κ3) is 6.25. The molecule has 3 heteroatoms. The Morgan fingerprint density at radius 3 is 2.12 bits per heavy atom. The first-order valence-corrected chi connectivity index (χ1v) is 8.79. The second-order valence-electron chi connectivity index (χ2n) is 7.61. The number of nitrogens with zero attached hydrogens (tertiary/aromatic N) is 1. The van der Waals surface area contributed by atoms with Crippen LogP contribution in [-0.2, 0) is 0 Å². The summed E-state index contributed by atoms with van der Waals surface area (Å²) in [4.78, 5) is 14.7. The van der Waals surface area contributed by atoms with Gasteiger partial charge in [0.05, 0.1) is 0 Å². The molecule has 2 aromatic rings. The van der Waals surface area contributed by atoms with Crippen molar-refractivity contribution in [3.05, 3.63) is 83.6 Å². The van der Waals surface area contributed by atoms with Crippen LogP contribution in [0.2, 0.25) is 0 Å². The number of benzene rings is 2. The number of hydrogen-bond acceptors (Lipinski definition) is 2. The van der Waals surface area contributed by atoms with E-state index in [1.54, 1.807) is 0 Å². The topological polar surface area (TPSA) is 32.3 Å². The summed E-state index contributed by atoms with van der Waals surface area (Å²) >= 11 is 0. The van der Waals surface area contributed by atoms with Crippen LogP contribution in [-0.4, -0.2) is 20.0 Å². The molecule has 0 aliphatic rings. The van der Waals surface area contributed by atoms with Crippen LogP contribution in [0.3, 0.4) is 0 Å². The minimum Gasteiger partial charge on any atom is -0.378 e. The lowest BCUT2D eigenvalue weighted by atomic mass is 9.96. The van der Waals surface area contributed by atoms with E-state index in [2.05, 4.69) is 32.2 Å². The summed E-state index contributed by atoms with van der Waals surface area (Å²) in [6.07, 6.45) is 6.05. The van der Waals surface area contributed by atoms with E-state index in [4.69, 9.17) is 0 Å². The summed E-state index contributed by atoms with van der Waals surface area (Å²) in [5.74, 6) is -0.115. The zero-order valence-corrected chi connectivity index (χ0v) is 16.3. The highest BCUT2D eigenvalue weighted by Gasteiger charge is 2.09. The monoisotopic (exact) mass is 348 g/mol. The summed E-state index contributed by atoms with van der Waals surface area (Å²) in [6.45, 7) is 6.39. The van der Waals surface area contributed by atoms with Crippen LogP contribution in [0.4, 0.5) is 5.69 Å². The third-order valence-electron chi connectivity index (χ3n) is 3.79. The van der Waals surface area contributed by atoms with E-state index >= 15 is 0 Å². The number of nitrogens with one attached hydrogen (secondary N) is 1. The van der Waals surface area contributed by atoms with Gasteiger partial charge in [0.15, 0.2) is 0 Å². The Morgan fingerprint density at radius 1 is 0.962 bits per heavy atom. The minimum absolute atomic E-state index is 0.0356. The number of amides is 1. The molecule has 0 atom stereocenters. The first kappa shape index (κ1) is 19.5. The number of anilines is 1. The smallest absolute Gasteiger partial charge is 0.255 e. The van der Waals surface area contributed by atoms with E-state index < -0.39 is 0 Å². The Labute approximate surface area is 157 Å². The van der Waals surface area contributed by atoms with Crippen LogP contribution < -0.4 is 10.2 Å². The molecule has 0 fully saturated rings. The number of hydrogen-bond donors (Lipinski definition) is 1. The molecule has 3 nitrogen and oxygen atoms in total. The molecule has 0 aromatic heterocycles. The van der Waals surface area contributed by atoms with Crippen molar-refractivity contribution in [2.75, 3.05) is 19.0 Å². The predicted octanol–water partition coefficient (Wildman–Crippen LogP) is 5.13. The summed E-state index contributed by atoms with van der Waals surface area (Å²) in [7, 11) is 3.96. The van der Waals surface area contributed by atoms with Gasteiger partial charge in [-0.25, -0.2) is 0 Å². The average Bonchev–Trinajstić information content (AvgIpc) is 2.60. The molecule has 1 amide bonds. The molecule has 0 radical (unpaired) electrons. The average molecular weight is 348 g/mol. The van der Waals surface area contributed by atoms with Crippen LogP contribution in [0.15, 0.2) is 72.4 Å². The third-order valence-corrected chi connectivity index (χ3v) is 3.79. The molecule has 1 N–H and O–H groups in total. The first-order valence-electron chi connectivity index (χ1n) is 8.79. The maximum absolute atomic E-state index is 12.7. The molecule has 136 valence electrons. The van der Waals surface area contributed by atoms with Crippen LogP contribution in [0, 0.1) is 5.41 Å². The fourth-order valence-corrected chi connectivity index (χ4v) is 2.31. The molecular formula is C23H28N2O. The van der Waals surface area contributed by atoms with Crippen molar-refractivity contribution in [3.63, 3.8) is 0 Å². The molecule has 0 spiro atoms. The predicted molar refractivity (Wildman–Crippen MR) is 111 cm³/mol. The standard InChI is InChI=1S/C23H28N2O/c1-23(2,3)16-15-20(17-18-9-7-6-8-10-18)24-22(26)19-11-13-21(14-12-19)25(4)5/h6-17H,1-5H3,(H,24,26)/b16-15+,20-17-. The Kier molecular flexibility index (Phi) is 6.40. The lowest BCUT2D eigenvalue weighted by molar-refractivity contribution is 0.0967. The van der Waals surface area contributed by atoms with Crippen LogP contribution in [0.1, 0.15) is 36.7 Å². The zero-order valence-electron chi connectivity index (χ0n) is 16.3. The van der Waals surface area contributed by atoms with Crippen molar-refractivity contribution in [2.24, 2.45) is 5.41 Å². The van der Waals surface area contributed by atoms with E-state index in [-0.39, 0.29) is 11.3 Å². The largest absolute Gasteiger partial charge is 0.378 e. The normalized spacial score (nSPS) is 12.3. The van der Waals surface area contributed by atoms with E-state index in [1.807, 2.05) is 85.7 Å². The highest BCUT2D eigenvalue weighted by atomic mass is 16.1. The summed E-state index contributed by atoms with van der Waals surface area (Å²) < 4.78 is 0. The van der Waals surface area contributed by atoms with E-state index in [9.17, 15) is 4.79 Å². The van der Waals surface area contributed by atoms with Gasteiger partial charge in [-0.1, -0.05) is 57.2 Å². The molecule has 26 heavy (non-hydrogen) atoms. The van der Waals surface area contributed by atoms with Crippen molar-refractivity contribution < 1.29 is 4.79 Å². The summed E-state index contributed by atoms with van der Waals surface area (Å²) in [5.41, 5.74) is 3.55.